The third kappa shape index (κ3) is 1.46. The van der Waals surface area contributed by atoms with Gasteiger partial charge in [0, 0.05) is 5.57 Å². The zero-order valence-corrected chi connectivity index (χ0v) is 8.61. The van der Waals surface area contributed by atoms with Crippen molar-refractivity contribution in [3.05, 3.63) is 31.8 Å². The number of allylic oxidation sites excluding steroid dienone is 6. The van der Waals surface area contributed by atoms with Gasteiger partial charge in [-0.3, -0.25) is 0 Å². The summed E-state index contributed by atoms with van der Waals surface area (Å²) in [7, 11) is 0. The first-order valence-electron chi connectivity index (χ1n) is 2.87. The van der Waals surface area contributed by atoms with Crippen LogP contribution in [0.25, 0.3) is 0 Å². The van der Waals surface area contributed by atoms with Gasteiger partial charge in [0.2, 0.25) is 0 Å². The average molecular weight is 230 g/mol. The van der Waals surface area contributed by atoms with E-state index in [0.29, 0.717) is 25.7 Å². The molecule has 0 radical (unpaired) electrons. The van der Waals surface area contributed by atoms with Crippen molar-refractivity contribution in [1.82, 2.24) is 0 Å². The lowest BCUT2D eigenvalue weighted by molar-refractivity contribution is 1.59. The highest BCUT2D eigenvalue weighted by Crippen LogP contribution is 2.44. The van der Waals surface area contributed by atoms with Gasteiger partial charge in [-0.05, 0) is 6.92 Å². The Kier molecular flexibility index (Phi) is 2.93. The monoisotopic (exact) mass is 228 g/mol. The van der Waals surface area contributed by atoms with E-state index in [1.807, 2.05) is 6.92 Å². The van der Waals surface area contributed by atoms with Crippen LogP contribution in [0.1, 0.15) is 6.92 Å². The summed E-state index contributed by atoms with van der Waals surface area (Å²) in [6.45, 7) is 1.82. The molecule has 1 rings (SSSR count). The Morgan fingerprint density at radius 2 is 1.18 bits per heavy atom. The summed E-state index contributed by atoms with van der Waals surface area (Å²) >= 11 is 23.0. The Balaban J connectivity index is 3.26. The summed E-state index contributed by atoms with van der Waals surface area (Å²) in [6.07, 6.45) is 1.77. The second kappa shape index (κ2) is 3.40. The molecule has 0 bridgehead atoms. The molecule has 0 spiro atoms. The second-order valence-electron chi connectivity index (χ2n) is 1.96. The zero-order chi connectivity index (χ0) is 8.59. The van der Waals surface area contributed by atoms with Crippen LogP contribution in [0.5, 0.6) is 0 Å². The Morgan fingerprint density at radius 3 is 1.36 bits per heavy atom. The molecule has 0 N–H and O–H groups in total. The molecular formula is C7H4Cl4. The SMILES string of the molecule is CC=C1C(Cl)=C(Cl)C(Cl)=C1Cl. The van der Waals surface area contributed by atoms with Gasteiger partial charge in [0.1, 0.15) is 0 Å². The maximum atomic E-state index is 5.79. The fraction of sp³-hybridized carbons (Fsp3) is 0.143. The minimum absolute atomic E-state index is 0.325. The third-order valence-electron chi connectivity index (χ3n) is 1.34. The van der Waals surface area contributed by atoms with Crippen molar-refractivity contribution in [2.45, 2.75) is 6.92 Å². The molecule has 0 aliphatic heterocycles. The largest absolute Gasteiger partial charge is 0.0819 e. The van der Waals surface area contributed by atoms with Gasteiger partial charge in [0.05, 0.1) is 20.1 Å². The molecule has 1 aliphatic rings. The Morgan fingerprint density at radius 1 is 0.818 bits per heavy atom. The van der Waals surface area contributed by atoms with Gasteiger partial charge in [-0.15, -0.1) is 0 Å². The molecule has 0 fully saturated rings. The molecule has 11 heavy (non-hydrogen) atoms. The Bertz CT molecular complexity index is 257. The average Bonchev–Trinajstić information content (AvgIpc) is 2.17. The van der Waals surface area contributed by atoms with Gasteiger partial charge in [-0.2, -0.15) is 0 Å². The molecule has 0 amide bonds. The minimum Gasteiger partial charge on any atom is -0.0819 e. The quantitative estimate of drug-likeness (QED) is 0.581. The molecular weight excluding hydrogens is 226 g/mol. The van der Waals surface area contributed by atoms with E-state index in [9.17, 15) is 0 Å². The number of halogens is 4. The van der Waals surface area contributed by atoms with E-state index in [1.165, 1.54) is 0 Å². The Hall–Kier alpha value is 0.380. The second-order valence-corrected chi connectivity index (χ2v) is 3.47. The van der Waals surface area contributed by atoms with Crippen molar-refractivity contribution in [3.63, 3.8) is 0 Å². The zero-order valence-electron chi connectivity index (χ0n) is 5.59. The predicted octanol–water partition coefficient (Wildman–Crippen LogP) is 4.32. The molecule has 0 saturated carbocycles. The van der Waals surface area contributed by atoms with Crippen LogP contribution in [0.4, 0.5) is 0 Å². The van der Waals surface area contributed by atoms with Gasteiger partial charge >= 0.3 is 0 Å². The van der Waals surface area contributed by atoms with E-state index in [4.69, 9.17) is 46.4 Å². The lowest BCUT2D eigenvalue weighted by Gasteiger charge is -1.94. The van der Waals surface area contributed by atoms with Crippen LogP contribution in [0.2, 0.25) is 0 Å². The van der Waals surface area contributed by atoms with Crippen molar-refractivity contribution in [1.29, 1.82) is 0 Å². The number of hydrogen-bond acceptors (Lipinski definition) is 0. The molecule has 0 nitrogen and oxygen atoms in total. The summed E-state index contributed by atoms with van der Waals surface area (Å²) in [5, 5.41) is 1.49. The van der Waals surface area contributed by atoms with E-state index in [0.717, 1.165) is 0 Å². The highest BCUT2D eigenvalue weighted by Gasteiger charge is 2.23. The van der Waals surface area contributed by atoms with Crippen molar-refractivity contribution in [2.75, 3.05) is 0 Å². The molecule has 0 saturated heterocycles. The summed E-state index contributed by atoms with van der Waals surface area (Å²) in [5.74, 6) is 0. The molecule has 0 unspecified atom stereocenters. The van der Waals surface area contributed by atoms with Gasteiger partial charge in [-0.1, -0.05) is 52.5 Å². The van der Waals surface area contributed by atoms with E-state index >= 15 is 0 Å². The molecule has 60 valence electrons. The van der Waals surface area contributed by atoms with Crippen molar-refractivity contribution in [3.8, 4) is 0 Å². The molecule has 0 aromatic rings. The Labute approximate surface area is 85.1 Å². The van der Waals surface area contributed by atoms with Crippen LogP contribution in [-0.2, 0) is 0 Å². The highest BCUT2D eigenvalue weighted by molar-refractivity contribution is 6.55. The molecule has 4 heteroatoms. The van der Waals surface area contributed by atoms with Crippen molar-refractivity contribution >= 4 is 46.4 Å². The normalized spacial score (nSPS) is 18.5. The first-order chi connectivity index (χ1) is 5.09. The van der Waals surface area contributed by atoms with Crippen LogP contribution in [-0.4, -0.2) is 0 Å². The highest BCUT2D eigenvalue weighted by atomic mass is 35.5. The fourth-order valence-corrected chi connectivity index (χ4v) is 1.91. The molecule has 0 aromatic carbocycles. The van der Waals surface area contributed by atoms with E-state index < -0.39 is 0 Å². The fourth-order valence-electron chi connectivity index (χ4n) is 0.779. The standard InChI is InChI=1S/C7H4Cl4/c1-2-3-4(8)6(10)7(11)5(3)9/h2H,1H3. The number of rotatable bonds is 0. The van der Waals surface area contributed by atoms with Crippen LogP contribution >= 0.6 is 46.4 Å². The number of hydrogen-bond donors (Lipinski definition) is 0. The molecule has 0 aromatic heterocycles. The summed E-state index contributed by atoms with van der Waals surface area (Å²) < 4.78 is 0. The van der Waals surface area contributed by atoms with Crippen molar-refractivity contribution in [2.24, 2.45) is 0 Å². The first kappa shape index (κ1) is 9.47. The van der Waals surface area contributed by atoms with Gasteiger partial charge < -0.3 is 0 Å². The van der Waals surface area contributed by atoms with Crippen LogP contribution in [0.3, 0.4) is 0 Å². The topological polar surface area (TPSA) is 0 Å². The smallest absolute Gasteiger partial charge is 0.0800 e. The minimum atomic E-state index is 0.325. The van der Waals surface area contributed by atoms with E-state index in [1.54, 1.807) is 6.08 Å². The molecule has 0 heterocycles. The van der Waals surface area contributed by atoms with Crippen LogP contribution in [0, 0.1) is 0 Å². The lowest BCUT2D eigenvalue weighted by atomic mass is 10.3. The predicted molar refractivity (Wildman–Crippen MR) is 51.2 cm³/mol. The van der Waals surface area contributed by atoms with Crippen molar-refractivity contribution < 1.29 is 0 Å². The van der Waals surface area contributed by atoms with Gasteiger partial charge in [-0.25, -0.2) is 0 Å². The maximum absolute atomic E-state index is 5.79. The van der Waals surface area contributed by atoms with E-state index in [2.05, 4.69) is 0 Å². The maximum Gasteiger partial charge on any atom is 0.0800 e. The lowest BCUT2D eigenvalue weighted by Crippen LogP contribution is -1.75. The molecule has 0 atom stereocenters. The molecule has 1 aliphatic carbocycles. The van der Waals surface area contributed by atoms with Crippen LogP contribution < -0.4 is 0 Å². The van der Waals surface area contributed by atoms with E-state index in [-0.39, 0.29) is 0 Å². The van der Waals surface area contributed by atoms with Gasteiger partial charge in [0.15, 0.2) is 0 Å². The summed E-state index contributed by atoms with van der Waals surface area (Å²) in [6, 6.07) is 0. The summed E-state index contributed by atoms with van der Waals surface area (Å²) in [5.41, 5.74) is 0.698. The van der Waals surface area contributed by atoms with Gasteiger partial charge in [0.25, 0.3) is 0 Å². The third-order valence-corrected chi connectivity index (χ3v) is 3.17. The summed E-state index contributed by atoms with van der Waals surface area (Å²) in [4.78, 5) is 0. The first-order valence-corrected chi connectivity index (χ1v) is 4.38. The van der Waals surface area contributed by atoms with Crippen LogP contribution in [0.15, 0.2) is 31.8 Å².